The molecular weight excluding hydrogens is 282 g/mol. The molecule has 1 heterocycles. The van der Waals surface area contributed by atoms with Gasteiger partial charge in [-0.1, -0.05) is 6.07 Å². The van der Waals surface area contributed by atoms with Gasteiger partial charge in [-0.2, -0.15) is 0 Å². The average Bonchev–Trinajstić information content (AvgIpc) is 3.02. The van der Waals surface area contributed by atoms with Crippen LogP contribution >= 0.6 is 0 Å². The summed E-state index contributed by atoms with van der Waals surface area (Å²) >= 11 is 0. The summed E-state index contributed by atoms with van der Waals surface area (Å²) in [6.45, 7) is 2.27. The maximum atomic E-state index is 5.77. The van der Waals surface area contributed by atoms with E-state index in [4.69, 9.17) is 18.9 Å². The molecule has 0 atom stereocenters. The lowest BCUT2D eigenvalue weighted by atomic mass is 9.90. The van der Waals surface area contributed by atoms with Gasteiger partial charge in [0, 0.05) is 37.1 Å². The van der Waals surface area contributed by atoms with Crippen molar-refractivity contribution >= 4 is 0 Å². The molecule has 0 bridgehead atoms. The van der Waals surface area contributed by atoms with Crippen LogP contribution in [0.2, 0.25) is 0 Å². The average molecular weight is 307 g/mol. The molecule has 0 aromatic heterocycles. The molecule has 22 heavy (non-hydrogen) atoms. The van der Waals surface area contributed by atoms with Crippen molar-refractivity contribution in [1.82, 2.24) is 5.32 Å². The standard InChI is InChI=1S/C17H25NO4/c1-19-15-4-3-13(16(11-15)20-2)12-18-14-5-7-17(8-6-14)21-9-10-22-17/h3-4,11,14,18H,5-10,12H2,1-2H3. The summed E-state index contributed by atoms with van der Waals surface area (Å²) in [5.74, 6) is 1.40. The third-order valence-corrected chi connectivity index (χ3v) is 4.64. The van der Waals surface area contributed by atoms with Crippen LogP contribution in [0.1, 0.15) is 31.2 Å². The van der Waals surface area contributed by atoms with E-state index < -0.39 is 0 Å². The zero-order chi connectivity index (χ0) is 15.4. The summed E-state index contributed by atoms with van der Waals surface area (Å²) in [4.78, 5) is 0. The van der Waals surface area contributed by atoms with E-state index in [0.29, 0.717) is 6.04 Å². The SMILES string of the molecule is COc1ccc(CNC2CCC3(CC2)OCCO3)c(OC)c1. The van der Waals surface area contributed by atoms with Crippen LogP contribution in [0.5, 0.6) is 11.5 Å². The first-order chi connectivity index (χ1) is 10.7. The largest absolute Gasteiger partial charge is 0.497 e. The Morgan fingerprint density at radius 3 is 2.50 bits per heavy atom. The highest BCUT2D eigenvalue weighted by Gasteiger charge is 2.40. The lowest BCUT2D eigenvalue weighted by Gasteiger charge is -2.35. The molecule has 0 unspecified atom stereocenters. The van der Waals surface area contributed by atoms with Gasteiger partial charge in [0.05, 0.1) is 27.4 Å². The van der Waals surface area contributed by atoms with E-state index >= 15 is 0 Å². The highest BCUT2D eigenvalue weighted by molar-refractivity contribution is 5.40. The Hall–Kier alpha value is -1.30. The molecule has 1 saturated heterocycles. The highest BCUT2D eigenvalue weighted by Crippen LogP contribution is 2.36. The van der Waals surface area contributed by atoms with E-state index in [-0.39, 0.29) is 5.79 Å². The highest BCUT2D eigenvalue weighted by atomic mass is 16.7. The molecule has 1 aliphatic carbocycles. The normalized spacial score (nSPS) is 21.2. The number of methoxy groups -OCH3 is 2. The van der Waals surface area contributed by atoms with Crippen LogP contribution in [-0.4, -0.2) is 39.3 Å². The first-order valence-electron chi connectivity index (χ1n) is 7.97. The maximum Gasteiger partial charge on any atom is 0.168 e. The molecule has 5 heteroatoms. The molecular formula is C17H25NO4. The van der Waals surface area contributed by atoms with Gasteiger partial charge in [-0.15, -0.1) is 0 Å². The van der Waals surface area contributed by atoms with Gasteiger partial charge in [-0.3, -0.25) is 0 Å². The van der Waals surface area contributed by atoms with Crippen LogP contribution < -0.4 is 14.8 Å². The maximum absolute atomic E-state index is 5.77. The minimum absolute atomic E-state index is 0.282. The lowest BCUT2D eigenvalue weighted by molar-refractivity contribution is -0.179. The van der Waals surface area contributed by atoms with Gasteiger partial charge in [-0.05, 0) is 18.9 Å². The zero-order valence-electron chi connectivity index (χ0n) is 13.4. The van der Waals surface area contributed by atoms with Crippen molar-refractivity contribution in [1.29, 1.82) is 0 Å². The summed E-state index contributed by atoms with van der Waals surface area (Å²) in [5, 5.41) is 3.62. The van der Waals surface area contributed by atoms with Crippen LogP contribution in [-0.2, 0) is 16.0 Å². The van der Waals surface area contributed by atoms with E-state index in [0.717, 1.165) is 62.5 Å². The van der Waals surface area contributed by atoms with E-state index in [2.05, 4.69) is 11.4 Å². The van der Waals surface area contributed by atoms with Gasteiger partial charge in [-0.25, -0.2) is 0 Å². The monoisotopic (exact) mass is 307 g/mol. The van der Waals surface area contributed by atoms with Crippen molar-refractivity contribution in [2.45, 2.75) is 44.1 Å². The Morgan fingerprint density at radius 1 is 1.14 bits per heavy atom. The van der Waals surface area contributed by atoms with Crippen molar-refractivity contribution in [2.75, 3.05) is 27.4 Å². The molecule has 1 saturated carbocycles. The first-order valence-corrected chi connectivity index (χ1v) is 7.97. The van der Waals surface area contributed by atoms with Crippen LogP contribution in [0.15, 0.2) is 18.2 Å². The molecule has 1 aromatic carbocycles. The predicted octanol–water partition coefficient (Wildman–Crippen LogP) is 2.48. The van der Waals surface area contributed by atoms with Gasteiger partial charge >= 0.3 is 0 Å². The fourth-order valence-electron chi connectivity index (χ4n) is 3.30. The van der Waals surface area contributed by atoms with Gasteiger partial charge in [0.15, 0.2) is 5.79 Å². The Bertz CT molecular complexity index is 489. The summed E-state index contributed by atoms with van der Waals surface area (Å²) in [6, 6.07) is 6.45. The minimum atomic E-state index is -0.282. The number of ether oxygens (including phenoxy) is 4. The second kappa shape index (κ2) is 6.86. The number of benzene rings is 1. The Morgan fingerprint density at radius 2 is 1.86 bits per heavy atom. The van der Waals surface area contributed by atoms with Gasteiger partial charge in [0.2, 0.25) is 0 Å². The number of rotatable bonds is 5. The zero-order valence-corrected chi connectivity index (χ0v) is 13.4. The molecule has 1 N–H and O–H groups in total. The predicted molar refractivity (Wildman–Crippen MR) is 83.3 cm³/mol. The molecule has 2 fully saturated rings. The van der Waals surface area contributed by atoms with Crippen LogP contribution in [0.3, 0.4) is 0 Å². The Kier molecular flexibility index (Phi) is 4.86. The van der Waals surface area contributed by atoms with Gasteiger partial charge < -0.3 is 24.3 Å². The van der Waals surface area contributed by atoms with Crippen LogP contribution in [0.4, 0.5) is 0 Å². The second-order valence-corrected chi connectivity index (χ2v) is 5.94. The molecule has 1 spiro atoms. The molecule has 0 amide bonds. The summed E-state index contributed by atoms with van der Waals surface area (Å²) in [6.07, 6.45) is 4.12. The molecule has 5 nitrogen and oxygen atoms in total. The van der Waals surface area contributed by atoms with Crippen molar-refractivity contribution in [2.24, 2.45) is 0 Å². The van der Waals surface area contributed by atoms with E-state index in [1.54, 1.807) is 14.2 Å². The van der Waals surface area contributed by atoms with Crippen LogP contribution in [0, 0.1) is 0 Å². The third-order valence-electron chi connectivity index (χ3n) is 4.64. The second-order valence-electron chi connectivity index (χ2n) is 5.94. The van der Waals surface area contributed by atoms with Gasteiger partial charge in [0.25, 0.3) is 0 Å². The molecule has 0 radical (unpaired) electrons. The third kappa shape index (κ3) is 3.37. The summed E-state index contributed by atoms with van der Waals surface area (Å²) in [5.41, 5.74) is 1.15. The number of nitrogens with one attached hydrogen (secondary N) is 1. The first kappa shape index (κ1) is 15.6. The molecule has 122 valence electrons. The molecule has 1 aliphatic heterocycles. The minimum Gasteiger partial charge on any atom is -0.497 e. The Balaban J connectivity index is 1.53. The van der Waals surface area contributed by atoms with Crippen molar-refractivity contribution < 1.29 is 18.9 Å². The summed E-state index contributed by atoms with van der Waals surface area (Å²) in [7, 11) is 3.36. The molecule has 2 aliphatic rings. The van der Waals surface area contributed by atoms with Crippen molar-refractivity contribution in [3.05, 3.63) is 23.8 Å². The Labute approximate surface area is 131 Å². The van der Waals surface area contributed by atoms with E-state index in [9.17, 15) is 0 Å². The topological polar surface area (TPSA) is 49.0 Å². The number of hydrogen-bond acceptors (Lipinski definition) is 5. The van der Waals surface area contributed by atoms with Crippen LogP contribution in [0.25, 0.3) is 0 Å². The fourth-order valence-corrected chi connectivity index (χ4v) is 3.30. The van der Waals surface area contributed by atoms with E-state index in [1.807, 2.05) is 12.1 Å². The fraction of sp³-hybridized carbons (Fsp3) is 0.647. The van der Waals surface area contributed by atoms with Crippen molar-refractivity contribution in [3.8, 4) is 11.5 Å². The molecule has 1 aromatic rings. The quantitative estimate of drug-likeness (QED) is 0.905. The van der Waals surface area contributed by atoms with Gasteiger partial charge in [0.1, 0.15) is 11.5 Å². The molecule has 3 rings (SSSR count). The summed E-state index contributed by atoms with van der Waals surface area (Å²) < 4.78 is 22.2. The smallest absolute Gasteiger partial charge is 0.168 e. The van der Waals surface area contributed by atoms with E-state index in [1.165, 1.54) is 0 Å². The van der Waals surface area contributed by atoms with Crippen molar-refractivity contribution in [3.63, 3.8) is 0 Å². The lowest BCUT2D eigenvalue weighted by Crippen LogP contribution is -2.41. The number of hydrogen-bond donors (Lipinski definition) is 1.